The second-order valence-corrected chi connectivity index (χ2v) is 5.31. The van der Waals surface area contributed by atoms with Crippen LogP contribution in [-0.2, 0) is 11.3 Å². The zero-order valence-corrected chi connectivity index (χ0v) is 11.0. The molecule has 0 spiro atoms. The van der Waals surface area contributed by atoms with Crippen LogP contribution in [0.4, 0.5) is 0 Å². The van der Waals surface area contributed by atoms with Gasteiger partial charge in [-0.15, -0.1) is 0 Å². The van der Waals surface area contributed by atoms with Crippen molar-refractivity contribution in [3.05, 3.63) is 24.2 Å². The third-order valence-electron chi connectivity index (χ3n) is 3.51. The van der Waals surface area contributed by atoms with Crippen molar-refractivity contribution in [3.63, 3.8) is 0 Å². The van der Waals surface area contributed by atoms with Gasteiger partial charge in [-0.3, -0.25) is 0 Å². The summed E-state index contributed by atoms with van der Waals surface area (Å²) in [6.45, 7) is 7.10. The molecule has 0 bridgehead atoms. The summed E-state index contributed by atoms with van der Waals surface area (Å²) in [5.41, 5.74) is 2.01. The van der Waals surface area contributed by atoms with E-state index in [1.165, 1.54) is 0 Å². The summed E-state index contributed by atoms with van der Waals surface area (Å²) in [4.78, 5) is 9.20. The maximum Gasteiger partial charge on any atom is 0.160 e. The Hall–Kier alpha value is -1.42. The van der Waals surface area contributed by atoms with E-state index in [1.807, 2.05) is 18.3 Å². The van der Waals surface area contributed by atoms with Crippen LogP contribution in [0.1, 0.15) is 32.0 Å². The molecule has 1 saturated heterocycles. The quantitative estimate of drug-likeness (QED) is 0.834. The van der Waals surface area contributed by atoms with E-state index >= 15 is 0 Å². The highest BCUT2D eigenvalue weighted by Gasteiger charge is 2.21. The molecule has 0 radical (unpaired) electrons. The van der Waals surface area contributed by atoms with Crippen molar-refractivity contribution in [2.75, 3.05) is 13.2 Å². The zero-order valence-electron chi connectivity index (χ0n) is 11.0. The number of nitrogens with zero attached hydrogens (tertiary/aromatic N) is 3. The Morgan fingerprint density at radius 1 is 1.50 bits per heavy atom. The van der Waals surface area contributed by atoms with Crippen molar-refractivity contribution in [2.45, 2.75) is 32.7 Å². The topological polar surface area (TPSA) is 39.9 Å². The zero-order chi connectivity index (χ0) is 12.5. The normalized spacial score (nSPS) is 20.1. The van der Waals surface area contributed by atoms with Gasteiger partial charge in [0.05, 0.1) is 6.61 Å². The number of rotatable bonds is 3. The van der Waals surface area contributed by atoms with Gasteiger partial charge in [0, 0.05) is 31.2 Å². The number of ether oxygens (including phenoxy) is 1. The number of imidazole rings is 1. The minimum Gasteiger partial charge on any atom is -0.381 e. The molecule has 0 amide bonds. The van der Waals surface area contributed by atoms with Gasteiger partial charge in [-0.1, -0.05) is 13.8 Å². The van der Waals surface area contributed by atoms with Gasteiger partial charge in [0.15, 0.2) is 5.65 Å². The van der Waals surface area contributed by atoms with E-state index in [9.17, 15) is 0 Å². The molecule has 0 saturated carbocycles. The minimum absolute atomic E-state index is 0.418. The van der Waals surface area contributed by atoms with Crippen molar-refractivity contribution in [1.82, 2.24) is 14.5 Å². The molecule has 0 aliphatic carbocycles. The van der Waals surface area contributed by atoms with Crippen LogP contribution >= 0.6 is 0 Å². The summed E-state index contributed by atoms with van der Waals surface area (Å²) >= 11 is 0. The Kier molecular flexibility index (Phi) is 3.04. The van der Waals surface area contributed by atoms with E-state index in [0.29, 0.717) is 11.8 Å². The van der Waals surface area contributed by atoms with Crippen LogP contribution in [0.2, 0.25) is 0 Å². The van der Waals surface area contributed by atoms with Crippen LogP contribution in [0.15, 0.2) is 18.3 Å². The molecule has 18 heavy (non-hydrogen) atoms. The van der Waals surface area contributed by atoms with E-state index < -0.39 is 0 Å². The first-order valence-electron chi connectivity index (χ1n) is 6.64. The lowest BCUT2D eigenvalue weighted by Gasteiger charge is -2.14. The largest absolute Gasteiger partial charge is 0.381 e. The summed E-state index contributed by atoms with van der Waals surface area (Å²) in [6.07, 6.45) is 2.99. The van der Waals surface area contributed by atoms with Crippen molar-refractivity contribution in [3.8, 4) is 0 Å². The Labute approximate surface area is 107 Å². The van der Waals surface area contributed by atoms with Crippen molar-refractivity contribution >= 4 is 11.2 Å². The smallest absolute Gasteiger partial charge is 0.160 e. The molecular weight excluding hydrogens is 226 g/mol. The van der Waals surface area contributed by atoms with Gasteiger partial charge < -0.3 is 9.30 Å². The summed E-state index contributed by atoms with van der Waals surface area (Å²) in [5, 5.41) is 0. The minimum atomic E-state index is 0.418. The molecule has 1 aliphatic heterocycles. The van der Waals surface area contributed by atoms with Gasteiger partial charge in [-0.05, 0) is 18.6 Å². The number of hydrogen-bond donors (Lipinski definition) is 0. The predicted molar refractivity (Wildman–Crippen MR) is 70.5 cm³/mol. The van der Waals surface area contributed by atoms with Crippen molar-refractivity contribution in [2.24, 2.45) is 5.92 Å². The first-order chi connectivity index (χ1) is 8.75. The standard InChI is InChI=1S/C14H19N3O/c1-10(2)13-16-12-4-3-6-15-14(12)17(13)8-11-5-7-18-9-11/h3-4,6,10-11H,5,7-9H2,1-2H3. The van der Waals surface area contributed by atoms with Crippen LogP contribution in [0.5, 0.6) is 0 Å². The van der Waals surface area contributed by atoms with Gasteiger partial charge in [0.2, 0.25) is 0 Å². The Morgan fingerprint density at radius 3 is 3.11 bits per heavy atom. The molecule has 96 valence electrons. The van der Waals surface area contributed by atoms with E-state index in [1.54, 1.807) is 0 Å². The molecule has 2 aromatic heterocycles. The molecule has 2 aromatic rings. The highest BCUT2D eigenvalue weighted by Crippen LogP contribution is 2.23. The molecular formula is C14H19N3O. The molecule has 1 unspecified atom stereocenters. The average molecular weight is 245 g/mol. The molecule has 1 aliphatic rings. The molecule has 0 N–H and O–H groups in total. The first kappa shape index (κ1) is 11.7. The average Bonchev–Trinajstić information content (AvgIpc) is 2.98. The SMILES string of the molecule is CC(C)c1nc2cccnc2n1CC1CCOC1. The fraction of sp³-hybridized carbons (Fsp3) is 0.571. The molecule has 4 nitrogen and oxygen atoms in total. The second kappa shape index (κ2) is 4.69. The lowest BCUT2D eigenvalue weighted by atomic mass is 10.1. The van der Waals surface area contributed by atoms with Gasteiger partial charge in [0.1, 0.15) is 11.3 Å². The third-order valence-corrected chi connectivity index (χ3v) is 3.51. The van der Waals surface area contributed by atoms with Crippen LogP contribution in [-0.4, -0.2) is 27.7 Å². The maximum absolute atomic E-state index is 5.46. The summed E-state index contributed by atoms with van der Waals surface area (Å²) in [7, 11) is 0. The molecule has 1 atom stereocenters. The summed E-state index contributed by atoms with van der Waals surface area (Å²) in [6, 6.07) is 3.98. The summed E-state index contributed by atoms with van der Waals surface area (Å²) in [5.74, 6) is 2.15. The number of fused-ring (bicyclic) bond motifs is 1. The highest BCUT2D eigenvalue weighted by atomic mass is 16.5. The molecule has 1 fully saturated rings. The Bertz CT molecular complexity index is 541. The fourth-order valence-corrected chi connectivity index (χ4v) is 2.58. The van der Waals surface area contributed by atoms with E-state index in [-0.39, 0.29) is 0 Å². The predicted octanol–water partition coefficient (Wildman–Crippen LogP) is 2.59. The van der Waals surface area contributed by atoms with Crippen molar-refractivity contribution in [1.29, 1.82) is 0 Å². The van der Waals surface area contributed by atoms with Crippen LogP contribution in [0.25, 0.3) is 11.2 Å². The lowest BCUT2D eigenvalue weighted by molar-refractivity contribution is 0.182. The van der Waals surface area contributed by atoms with E-state index in [4.69, 9.17) is 9.72 Å². The number of hydrogen-bond acceptors (Lipinski definition) is 3. The molecule has 3 heterocycles. The number of aromatic nitrogens is 3. The van der Waals surface area contributed by atoms with Crippen LogP contribution < -0.4 is 0 Å². The highest BCUT2D eigenvalue weighted by molar-refractivity contribution is 5.71. The Morgan fingerprint density at radius 2 is 2.39 bits per heavy atom. The van der Waals surface area contributed by atoms with Crippen LogP contribution in [0, 0.1) is 5.92 Å². The van der Waals surface area contributed by atoms with Gasteiger partial charge in [0.25, 0.3) is 0 Å². The second-order valence-electron chi connectivity index (χ2n) is 5.31. The maximum atomic E-state index is 5.46. The van der Waals surface area contributed by atoms with Crippen LogP contribution in [0.3, 0.4) is 0 Å². The summed E-state index contributed by atoms with van der Waals surface area (Å²) < 4.78 is 7.74. The molecule has 3 rings (SSSR count). The van der Waals surface area contributed by atoms with Gasteiger partial charge >= 0.3 is 0 Å². The fourth-order valence-electron chi connectivity index (χ4n) is 2.58. The molecule has 0 aromatic carbocycles. The van der Waals surface area contributed by atoms with Crippen molar-refractivity contribution < 1.29 is 4.74 Å². The van der Waals surface area contributed by atoms with Gasteiger partial charge in [-0.25, -0.2) is 9.97 Å². The van der Waals surface area contributed by atoms with E-state index in [0.717, 1.165) is 43.2 Å². The third kappa shape index (κ3) is 2.01. The number of pyridine rings is 1. The first-order valence-corrected chi connectivity index (χ1v) is 6.64. The molecule has 4 heteroatoms. The van der Waals surface area contributed by atoms with Gasteiger partial charge in [-0.2, -0.15) is 0 Å². The monoisotopic (exact) mass is 245 g/mol. The van der Waals surface area contributed by atoms with E-state index in [2.05, 4.69) is 23.4 Å². The lowest BCUT2D eigenvalue weighted by Crippen LogP contribution is -2.14. The Balaban J connectivity index is 2.03.